The van der Waals surface area contributed by atoms with Gasteiger partial charge in [-0.25, -0.2) is 4.79 Å². The second kappa shape index (κ2) is 9.30. The van der Waals surface area contributed by atoms with Crippen molar-refractivity contribution in [2.24, 2.45) is 0 Å². The molecule has 0 aliphatic heterocycles. The van der Waals surface area contributed by atoms with Crippen LogP contribution in [0.15, 0.2) is 24.3 Å². The van der Waals surface area contributed by atoms with Crippen molar-refractivity contribution < 1.29 is 19.1 Å². The number of carbonyl (C=O) groups is 2. The molecule has 0 radical (unpaired) electrons. The predicted molar refractivity (Wildman–Crippen MR) is 109 cm³/mol. The molecule has 1 aromatic rings. The molecule has 1 aliphatic rings. The maximum atomic E-state index is 12.5. The first-order valence-corrected chi connectivity index (χ1v) is 10.1. The summed E-state index contributed by atoms with van der Waals surface area (Å²) >= 11 is 0. The molecule has 6 nitrogen and oxygen atoms in total. The summed E-state index contributed by atoms with van der Waals surface area (Å²) < 4.78 is 11.2. The molecule has 0 spiro atoms. The molecule has 0 saturated heterocycles. The van der Waals surface area contributed by atoms with Crippen LogP contribution in [0.25, 0.3) is 0 Å². The zero-order valence-corrected chi connectivity index (χ0v) is 17.8. The van der Waals surface area contributed by atoms with E-state index in [4.69, 9.17) is 9.47 Å². The molecular weight excluding hydrogens is 356 g/mol. The molecule has 2 amide bonds. The molecule has 2 N–H and O–H groups in total. The summed E-state index contributed by atoms with van der Waals surface area (Å²) in [6.07, 6.45) is 5.73. The van der Waals surface area contributed by atoms with Crippen LogP contribution in [0.5, 0.6) is 5.75 Å². The molecular formula is C22H34N2O4. The summed E-state index contributed by atoms with van der Waals surface area (Å²) in [6, 6.07) is 7.79. The van der Waals surface area contributed by atoms with Gasteiger partial charge in [-0.3, -0.25) is 4.79 Å². The molecule has 0 aromatic heterocycles. The quantitative estimate of drug-likeness (QED) is 0.758. The van der Waals surface area contributed by atoms with Crippen LogP contribution in [0.4, 0.5) is 4.79 Å². The summed E-state index contributed by atoms with van der Waals surface area (Å²) in [5.41, 5.74) is -0.720. The van der Waals surface area contributed by atoms with Crippen molar-refractivity contribution in [3.63, 3.8) is 0 Å². The van der Waals surface area contributed by atoms with Crippen LogP contribution >= 0.6 is 0 Å². The predicted octanol–water partition coefficient (Wildman–Crippen LogP) is 4.32. The smallest absolute Gasteiger partial charge is 0.408 e. The van der Waals surface area contributed by atoms with Crippen molar-refractivity contribution in [2.45, 2.75) is 90.5 Å². The Morgan fingerprint density at radius 2 is 1.61 bits per heavy atom. The highest BCUT2D eigenvalue weighted by Crippen LogP contribution is 2.23. The van der Waals surface area contributed by atoms with Crippen LogP contribution < -0.4 is 15.4 Å². The lowest BCUT2D eigenvalue weighted by molar-refractivity contribution is -0.126. The summed E-state index contributed by atoms with van der Waals surface area (Å²) in [5.74, 6) is 0.592. The second-order valence-electron chi connectivity index (χ2n) is 8.96. The number of amides is 2. The normalized spacial score (nSPS) is 15.6. The minimum Gasteiger partial charge on any atom is -0.490 e. The number of alkyl carbamates (subject to hydrolysis) is 1. The highest BCUT2D eigenvalue weighted by Gasteiger charge is 2.31. The molecule has 28 heavy (non-hydrogen) atoms. The SMILES string of the molecule is CC(C)(C)OC(=O)NC(C)(C)C(=O)NCc1ccc(OC2CCCCC2)cc1. The number of hydrogen-bond acceptors (Lipinski definition) is 4. The second-order valence-corrected chi connectivity index (χ2v) is 8.96. The third-order valence-corrected chi connectivity index (χ3v) is 4.61. The van der Waals surface area contributed by atoms with Gasteiger partial charge in [0.2, 0.25) is 5.91 Å². The minimum atomic E-state index is -1.08. The molecule has 6 heteroatoms. The van der Waals surface area contributed by atoms with Gasteiger partial charge in [-0.05, 0) is 78.0 Å². The van der Waals surface area contributed by atoms with E-state index in [-0.39, 0.29) is 5.91 Å². The fourth-order valence-corrected chi connectivity index (χ4v) is 3.08. The van der Waals surface area contributed by atoms with E-state index in [0.29, 0.717) is 12.6 Å². The van der Waals surface area contributed by atoms with Crippen molar-refractivity contribution in [2.75, 3.05) is 0 Å². The summed E-state index contributed by atoms with van der Waals surface area (Å²) in [6.45, 7) is 9.01. The zero-order chi connectivity index (χ0) is 20.8. The third-order valence-electron chi connectivity index (χ3n) is 4.61. The largest absolute Gasteiger partial charge is 0.490 e. The fraction of sp³-hybridized carbons (Fsp3) is 0.636. The van der Waals surface area contributed by atoms with Crippen LogP contribution in [0, 0.1) is 0 Å². The summed E-state index contributed by atoms with van der Waals surface area (Å²) in [5, 5.41) is 5.47. The molecule has 1 saturated carbocycles. The van der Waals surface area contributed by atoms with E-state index in [1.807, 2.05) is 24.3 Å². The van der Waals surface area contributed by atoms with Crippen LogP contribution in [0.2, 0.25) is 0 Å². The molecule has 1 fully saturated rings. The third kappa shape index (κ3) is 7.41. The van der Waals surface area contributed by atoms with Gasteiger partial charge in [0.15, 0.2) is 0 Å². The topological polar surface area (TPSA) is 76.7 Å². The number of carbonyl (C=O) groups excluding carboxylic acids is 2. The standard InChI is InChI=1S/C22H34N2O4/c1-21(2,3)28-20(26)24-22(4,5)19(25)23-15-16-11-13-18(14-12-16)27-17-9-7-6-8-10-17/h11-14,17H,6-10,15H2,1-5H3,(H,23,25)(H,24,26). The van der Waals surface area contributed by atoms with Gasteiger partial charge in [0.25, 0.3) is 0 Å². The van der Waals surface area contributed by atoms with Gasteiger partial charge >= 0.3 is 6.09 Å². The van der Waals surface area contributed by atoms with E-state index >= 15 is 0 Å². The van der Waals surface area contributed by atoms with Gasteiger partial charge in [-0.1, -0.05) is 18.6 Å². The fourth-order valence-electron chi connectivity index (χ4n) is 3.08. The Hall–Kier alpha value is -2.24. The lowest BCUT2D eigenvalue weighted by Crippen LogP contribution is -2.55. The number of nitrogens with one attached hydrogen (secondary N) is 2. The highest BCUT2D eigenvalue weighted by molar-refractivity contribution is 5.89. The highest BCUT2D eigenvalue weighted by atomic mass is 16.6. The molecule has 0 heterocycles. The maximum absolute atomic E-state index is 12.5. The first kappa shape index (κ1) is 22.1. The van der Waals surface area contributed by atoms with Gasteiger partial charge in [0, 0.05) is 6.54 Å². The van der Waals surface area contributed by atoms with E-state index < -0.39 is 17.2 Å². The molecule has 0 bridgehead atoms. The van der Waals surface area contributed by atoms with E-state index in [2.05, 4.69) is 10.6 Å². The lowest BCUT2D eigenvalue weighted by Gasteiger charge is -2.27. The Kier molecular flexibility index (Phi) is 7.33. The monoisotopic (exact) mass is 390 g/mol. The molecule has 2 rings (SSSR count). The molecule has 1 aromatic carbocycles. The average molecular weight is 391 g/mol. The minimum absolute atomic E-state index is 0.277. The Morgan fingerprint density at radius 1 is 1.00 bits per heavy atom. The van der Waals surface area contributed by atoms with Crippen LogP contribution in [0.1, 0.15) is 72.3 Å². The zero-order valence-electron chi connectivity index (χ0n) is 17.8. The van der Waals surface area contributed by atoms with Crippen molar-refractivity contribution in [3.05, 3.63) is 29.8 Å². The van der Waals surface area contributed by atoms with Crippen LogP contribution in [-0.4, -0.2) is 29.2 Å². The van der Waals surface area contributed by atoms with Crippen molar-refractivity contribution in [3.8, 4) is 5.75 Å². The van der Waals surface area contributed by atoms with Crippen molar-refractivity contribution in [1.29, 1.82) is 0 Å². The van der Waals surface area contributed by atoms with Crippen molar-refractivity contribution in [1.82, 2.24) is 10.6 Å². The van der Waals surface area contributed by atoms with Crippen LogP contribution in [-0.2, 0) is 16.1 Å². The summed E-state index contributed by atoms with van der Waals surface area (Å²) in [4.78, 5) is 24.4. The van der Waals surface area contributed by atoms with Gasteiger partial charge in [-0.2, -0.15) is 0 Å². The number of benzene rings is 1. The number of hydrogen-bond donors (Lipinski definition) is 2. The first-order valence-electron chi connectivity index (χ1n) is 10.1. The number of ether oxygens (including phenoxy) is 2. The van der Waals surface area contributed by atoms with E-state index in [0.717, 1.165) is 24.2 Å². The van der Waals surface area contributed by atoms with Crippen LogP contribution in [0.3, 0.4) is 0 Å². The Bertz CT molecular complexity index is 656. The average Bonchev–Trinajstić information content (AvgIpc) is 2.59. The number of rotatable bonds is 6. The lowest BCUT2D eigenvalue weighted by atomic mass is 9.98. The van der Waals surface area contributed by atoms with E-state index in [1.54, 1.807) is 34.6 Å². The maximum Gasteiger partial charge on any atom is 0.408 e. The van der Waals surface area contributed by atoms with Gasteiger partial charge in [-0.15, -0.1) is 0 Å². The molecule has 1 aliphatic carbocycles. The molecule has 0 unspecified atom stereocenters. The van der Waals surface area contributed by atoms with Gasteiger partial charge in [0.1, 0.15) is 16.9 Å². The van der Waals surface area contributed by atoms with Gasteiger partial charge in [0.05, 0.1) is 6.10 Å². The van der Waals surface area contributed by atoms with E-state index in [1.165, 1.54) is 19.3 Å². The Morgan fingerprint density at radius 3 is 2.18 bits per heavy atom. The Balaban J connectivity index is 1.81. The van der Waals surface area contributed by atoms with E-state index in [9.17, 15) is 9.59 Å². The summed E-state index contributed by atoms with van der Waals surface area (Å²) in [7, 11) is 0. The van der Waals surface area contributed by atoms with Crippen molar-refractivity contribution >= 4 is 12.0 Å². The molecule has 0 atom stereocenters. The Labute approximate surface area is 168 Å². The first-order chi connectivity index (χ1) is 13.0. The van der Waals surface area contributed by atoms with Gasteiger partial charge < -0.3 is 20.1 Å². The molecule has 156 valence electrons.